The van der Waals surface area contributed by atoms with Crippen molar-refractivity contribution < 1.29 is 4.79 Å². The van der Waals surface area contributed by atoms with Crippen LogP contribution in [-0.2, 0) is 17.8 Å². The van der Waals surface area contributed by atoms with Gasteiger partial charge in [-0.05, 0) is 23.5 Å². The molecule has 0 heterocycles. The van der Waals surface area contributed by atoms with Crippen LogP contribution in [0, 0.1) is 5.92 Å². The summed E-state index contributed by atoms with van der Waals surface area (Å²) in [6.07, 6.45) is 3.68. The maximum atomic E-state index is 10.8. The molecule has 1 aromatic rings. The van der Waals surface area contributed by atoms with Crippen LogP contribution in [0.5, 0.6) is 0 Å². The number of hydrogen-bond acceptors (Lipinski definition) is 1. The lowest BCUT2D eigenvalue weighted by Crippen LogP contribution is -2.18. The Balaban J connectivity index is 2.47. The Morgan fingerprint density at radius 2 is 1.82 bits per heavy atom. The van der Waals surface area contributed by atoms with Crippen LogP contribution in [0.15, 0.2) is 24.3 Å². The van der Waals surface area contributed by atoms with E-state index in [1.54, 1.807) is 6.92 Å². The van der Waals surface area contributed by atoms with Gasteiger partial charge in [0.2, 0.25) is 5.91 Å². The van der Waals surface area contributed by atoms with E-state index in [0.29, 0.717) is 6.54 Å². The van der Waals surface area contributed by atoms with E-state index in [-0.39, 0.29) is 5.91 Å². The van der Waals surface area contributed by atoms with Gasteiger partial charge in [0.25, 0.3) is 0 Å². The molecule has 94 valence electrons. The fraction of sp³-hybridized carbons (Fsp3) is 0.533. The molecule has 1 aromatic carbocycles. The first-order valence-electron chi connectivity index (χ1n) is 6.44. The van der Waals surface area contributed by atoms with Gasteiger partial charge in [-0.15, -0.1) is 0 Å². The number of amides is 1. The first kappa shape index (κ1) is 13.8. The third-order valence-corrected chi connectivity index (χ3v) is 2.93. The fourth-order valence-corrected chi connectivity index (χ4v) is 2.02. The second kappa shape index (κ2) is 7.10. The predicted octanol–water partition coefficient (Wildman–Crippen LogP) is 3.30. The number of carbonyl (C=O) groups is 1. The van der Waals surface area contributed by atoms with E-state index in [0.717, 1.165) is 17.9 Å². The monoisotopic (exact) mass is 233 g/mol. The molecule has 1 amide bonds. The highest BCUT2D eigenvalue weighted by Gasteiger charge is 2.02. The number of hydrogen-bond donors (Lipinski definition) is 1. The van der Waals surface area contributed by atoms with Crippen LogP contribution in [0.3, 0.4) is 0 Å². The van der Waals surface area contributed by atoms with Crippen molar-refractivity contribution in [3.05, 3.63) is 35.4 Å². The largest absolute Gasteiger partial charge is 0.352 e. The molecule has 0 radical (unpaired) electrons. The SMILES string of the molecule is CCCC(C)Cc1ccc(CNC(C)=O)cc1. The Bertz CT molecular complexity index is 342. The van der Waals surface area contributed by atoms with E-state index in [9.17, 15) is 4.79 Å². The minimum absolute atomic E-state index is 0.0191. The number of carbonyl (C=O) groups excluding carboxylic acids is 1. The first-order valence-corrected chi connectivity index (χ1v) is 6.44. The zero-order valence-electron chi connectivity index (χ0n) is 11.1. The van der Waals surface area contributed by atoms with Crippen molar-refractivity contribution in [2.24, 2.45) is 5.92 Å². The summed E-state index contributed by atoms with van der Waals surface area (Å²) in [6, 6.07) is 8.54. The molecule has 2 heteroatoms. The molecule has 17 heavy (non-hydrogen) atoms. The third kappa shape index (κ3) is 5.53. The molecule has 0 spiro atoms. The Kier molecular flexibility index (Phi) is 5.75. The van der Waals surface area contributed by atoms with Crippen molar-refractivity contribution in [2.75, 3.05) is 0 Å². The van der Waals surface area contributed by atoms with E-state index < -0.39 is 0 Å². The highest BCUT2D eigenvalue weighted by atomic mass is 16.1. The lowest BCUT2D eigenvalue weighted by molar-refractivity contribution is -0.119. The van der Waals surface area contributed by atoms with Crippen LogP contribution in [-0.4, -0.2) is 5.91 Å². The van der Waals surface area contributed by atoms with E-state index in [1.165, 1.54) is 18.4 Å². The second-order valence-electron chi connectivity index (χ2n) is 4.82. The van der Waals surface area contributed by atoms with Gasteiger partial charge < -0.3 is 5.32 Å². The molecule has 0 fully saturated rings. The zero-order chi connectivity index (χ0) is 12.7. The van der Waals surface area contributed by atoms with Gasteiger partial charge in [0.15, 0.2) is 0 Å². The van der Waals surface area contributed by atoms with Gasteiger partial charge in [-0.1, -0.05) is 51.0 Å². The van der Waals surface area contributed by atoms with Crippen LogP contribution in [0.25, 0.3) is 0 Å². The molecule has 0 aliphatic rings. The van der Waals surface area contributed by atoms with E-state index in [1.807, 2.05) is 0 Å². The highest BCUT2D eigenvalue weighted by molar-refractivity contribution is 5.72. The van der Waals surface area contributed by atoms with Gasteiger partial charge in [0.1, 0.15) is 0 Å². The van der Waals surface area contributed by atoms with Crippen molar-refractivity contribution in [3.63, 3.8) is 0 Å². The quantitative estimate of drug-likeness (QED) is 0.802. The molecular formula is C15H23NO. The summed E-state index contributed by atoms with van der Waals surface area (Å²) in [6.45, 7) is 6.70. The molecule has 0 saturated heterocycles. The summed E-state index contributed by atoms with van der Waals surface area (Å²) < 4.78 is 0. The molecule has 1 unspecified atom stereocenters. The summed E-state index contributed by atoms with van der Waals surface area (Å²) in [5.41, 5.74) is 2.55. The van der Waals surface area contributed by atoms with Crippen molar-refractivity contribution >= 4 is 5.91 Å². The van der Waals surface area contributed by atoms with Gasteiger partial charge >= 0.3 is 0 Å². The number of rotatable bonds is 6. The minimum Gasteiger partial charge on any atom is -0.352 e. The second-order valence-corrected chi connectivity index (χ2v) is 4.82. The van der Waals surface area contributed by atoms with Gasteiger partial charge in [0, 0.05) is 13.5 Å². The van der Waals surface area contributed by atoms with Gasteiger partial charge in [-0.3, -0.25) is 4.79 Å². The van der Waals surface area contributed by atoms with Crippen LogP contribution in [0.1, 0.15) is 44.7 Å². The maximum Gasteiger partial charge on any atom is 0.217 e. The molecule has 0 saturated carbocycles. The van der Waals surface area contributed by atoms with Crippen LogP contribution >= 0.6 is 0 Å². The van der Waals surface area contributed by atoms with Gasteiger partial charge in [-0.2, -0.15) is 0 Å². The Labute approximate surface area is 104 Å². The van der Waals surface area contributed by atoms with Gasteiger partial charge in [-0.25, -0.2) is 0 Å². The van der Waals surface area contributed by atoms with E-state index in [2.05, 4.69) is 43.4 Å². The molecule has 2 nitrogen and oxygen atoms in total. The Morgan fingerprint density at radius 3 is 2.35 bits per heavy atom. The average molecular weight is 233 g/mol. The van der Waals surface area contributed by atoms with Crippen molar-refractivity contribution in [1.29, 1.82) is 0 Å². The van der Waals surface area contributed by atoms with Crippen molar-refractivity contribution in [2.45, 2.75) is 46.6 Å². The van der Waals surface area contributed by atoms with Crippen molar-refractivity contribution in [1.82, 2.24) is 5.32 Å². The standard InChI is InChI=1S/C15H23NO/c1-4-5-12(2)10-14-6-8-15(9-7-14)11-16-13(3)17/h6-9,12H,4-5,10-11H2,1-3H3,(H,16,17). The summed E-state index contributed by atoms with van der Waals surface area (Å²) in [5.74, 6) is 0.770. The molecular weight excluding hydrogens is 210 g/mol. The third-order valence-electron chi connectivity index (χ3n) is 2.93. The minimum atomic E-state index is 0.0191. The number of nitrogens with one attached hydrogen (secondary N) is 1. The number of benzene rings is 1. The normalized spacial score (nSPS) is 12.2. The van der Waals surface area contributed by atoms with Crippen LogP contribution in [0.2, 0.25) is 0 Å². The predicted molar refractivity (Wildman–Crippen MR) is 71.7 cm³/mol. The highest BCUT2D eigenvalue weighted by Crippen LogP contribution is 2.14. The lowest BCUT2D eigenvalue weighted by atomic mass is 9.96. The summed E-state index contributed by atoms with van der Waals surface area (Å²) >= 11 is 0. The Morgan fingerprint density at radius 1 is 1.24 bits per heavy atom. The molecule has 1 N–H and O–H groups in total. The van der Waals surface area contributed by atoms with E-state index >= 15 is 0 Å². The fourth-order valence-electron chi connectivity index (χ4n) is 2.02. The lowest BCUT2D eigenvalue weighted by Gasteiger charge is -2.10. The smallest absolute Gasteiger partial charge is 0.217 e. The van der Waals surface area contributed by atoms with Crippen LogP contribution in [0.4, 0.5) is 0 Å². The molecule has 1 atom stereocenters. The summed E-state index contributed by atoms with van der Waals surface area (Å²) in [5, 5.41) is 2.80. The van der Waals surface area contributed by atoms with Crippen LogP contribution < -0.4 is 5.32 Å². The van der Waals surface area contributed by atoms with Gasteiger partial charge in [0.05, 0.1) is 0 Å². The maximum absolute atomic E-state index is 10.8. The molecule has 0 aliphatic heterocycles. The Hall–Kier alpha value is -1.31. The summed E-state index contributed by atoms with van der Waals surface area (Å²) in [4.78, 5) is 10.8. The summed E-state index contributed by atoms with van der Waals surface area (Å²) in [7, 11) is 0. The topological polar surface area (TPSA) is 29.1 Å². The van der Waals surface area contributed by atoms with Crippen molar-refractivity contribution in [3.8, 4) is 0 Å². The van der Waals surface area contributed by atoms with E-state index in [4.69, 9.17) is 0 Å². The molecule has 0 aliphatic carbocycles. The first-order chi connectivity index (χ1) is 8.11. The average Bonchev–Trinajstić information content (AvgIpc) is 2.28. The molecule has 0 aromatic heterocycles. The molecule has 0 bridgehead atoms. The zero-order valence-corrected chi connectivity index (χ0v) is 11.1. The molecule has 1 rings (SSSR count).